The highest BCUT2D eigenvalue weighted by atomic mass is 27.0. The zero-order valence-electron chi connectivity index (χ0n) is 9.57. The van der Waals surface area contributed by atoms with E-state index in [4.69, 9.17) is 15.3 Å². The van der Waals surface area contributed by atoms with E-state index < -0.39 is 0 Å². The molecular formula is C9H29AlO4. The molecule has 0 unspecified atom stereocenters. The summed E-state index contributed by atoms with van der Waals surface area (Å²) in [6.45, 7) is 10.3. The minimum absolute atomic E-state index is 0. The average Bonchev–Trinajstić information content (AvgIpc) is 1.54. The molecule has 0 bridgehead atoms. The van der Waals surface area contributed by atoms with Crippen molar-refractivity contribution in [3.63, 3.8) is 0 Å². The molecule has 0 aromatic heterocycles. The molecule has 0 aliphatic rings. The van der Waals surface area contributed by atoms with Crippen LogP contribution in [-0.4, -0.2) is 56.5 Å². The molecule has 5 heteroatoms. The van der Waals surface area contributed by atoms with E-state index in [1.807, 2.05) is 0 Å². The van der Waals surface area contributed by atoms with E-state index >= 15 is 0 Å². The monoisotopic (exact) mass is 228 g/mol. The molecule has 14 heavy (non-hydrogen) atoms. The van der Waals surface area contributed by atoms with Crippen molar-refractivity contribution in [1.29, 1.82) is 0 Å². The summed E-state index contributed by atoms with van der Waals surface area (Å²) in [4.78, 5) is 0. The van der Waals surface area contributed by atoms with Gasteiger partial charge in [-0.2, -0.15) is 0 Å². The minimum atomic E-state index is -0.167. The van der Waals surface area contributed by atoms with Gasteiger partial charge in [-0.15, -0.1) is 0 Å². The van der Waals surface area contributed by atoms with E-state index in [0.717, 1.165) is 0 Å². The van der Waals surface area contributed by atoms with Crippen LogP contribution in [0.15, 0.2) is 0 Å². The Kier molecular flexibility index (Phi) is 48.7. The molecule has 0 amide bonds. The molecule has 0 atom stereocenters. The fourth-order valence-corrected chi connectivity index (χ4v) is 0. The number of aliphatic hydroxyl groups is 3. The van der Waals surface area contributed by atoms with Crippen LogP contribution in [0.2, 0.25) is 0 Å². The van der Waals surface area contributed by atoms with Crippen LogP contribution in [0.4, 0.5) is 0 Å². The first-order chi connectivity index (χ1) is 5.20. The van der Waals surface area contributed by atoms with Crippen molar-refractivity contribution < 1.29 is 20.8 Å². The van der Waals surface area contributed by atoms with E-state index in [9.17, 15) is 0 Å². The molecule has 0 aromatic rings. The second kappa shape index (κ2) is 23.3. The van der Waals surface area contributed by atoms with Gasteiger partial charge in [0, 0.05) is 18.3 Å². The lowest BCUT2D eigenvalue weighted by molar-refractivity contribution is 0.215. The molecule has 0 aromatic carbocycles. The topological polar surface area (TPSA) is 92.2 Å². The van der Waals surface area contributed by atoms with Crippen LogP contribution < -0.4 is 0 Å². The molecule has 5 N–H and O–H groups in total. The second-order valence-corrected chi connectivity index (χ2v) is 3.28. The van der Waals surface area contributed by atoms with Gasteiger partial charge in [0.15, 0.2) is 17.4 Å². The molecular weight excluding hydrogens is 199 g/mol. The molecule has 0 aliphatic heterocycles. The van der Waals surface area contributed by atoms with Crippen LogP contribution in [-0.2, 0) is 0 Å². The van der Waals surface area contributed by atoms with Crippen molar-refractivity contribution in [3.05, 3.63) is 0 Å². The smallest absolute Gasteiger partial charge is 0.187 e. The van der Waals surface area contributed by atoms with Gasteiger partial charge in [-0.25, -0.2) is 0 Å². The number of hydrogen-bond acceptors (Lipinski definition) is 3. The van der Waals surface area contributed by atoms with Crippen molar-refractivity contribution >= 4 is 17.4 Å². The molecule has 0 aliphatic carbocycles. The van der Waals surface area contributed by atoms with Crippen LogP contribution in [0.5, 0.6) is 0 Å². The highest BCUT2D eigenvalue weighted by Crippen LogP contribution is 1.65. The quantitative estimate of drug-likeness (QED) is 0.472. The zero-order valence-corrected chi connectivity index (χ0v) is 9.57. The Labute approximate surface area is 98.4 Å². The summed E-state index contributed by atoms with van der Waals surface area (Å²) in [7, 11) is 0. The van der Waals surface area contributed by atoms with Crippen molar-refractivity contribution in [1.82, 2.24) is 0 Å². The molecule has 92 valence electrons. The van der Waals surface area contributed by atoms with Crippen LogP contribution in [0.25, 0.3) is 0 Å². The summed E-state index contributed by atoms with van der Waals surface area (Å²) >= 11 is 0. The van der Waals surface area contributed by atoms with Gasteiger partial charge in [-0.3, -0.25) is 0 Å². The van der Waals surface area contributed by atoms with Gasteiger partial charge < -0.3 is 20.8 Å². The zero-order chi connectivity index (χ0) is 10.7. The van der Waals surface area contributed by atoms with Crippen LogP contribution in [0.1, 0.15) is 41.5 Å². The molecule has 0 spiro atoms. The number of rotatable bonds is 0. The van der Waals surface area contributed by atoms with E-state index in [-0.39, 0.29) is 41.1 Å². The summed E-state index contributed by atoms with van der Waals surface area (Å²) < 4.78 is 0. The predicted molar refractivity (Wildman–Crippen MR) is 65.6 cm³/mol. The first kappa shape index (κ1) is 29.3. The van der Waals surface area contributed by atoms with E-state index in [1.165, 1.54) is 0 Å². The molecule has 0 heterocycles. The third-order valence-corrected chi connectivity index (χ3v) is 0. The molecule has 4 nitrogen and oxygen atoms in total. The van der Waals surface area contributed by atoms with Gasteiger partial charge in [-0.1, -0.05) is 0 Å². The first-order valence-corrected chi connectivity index (χ1v) is 4.24. The van der Waals surface area contributed by atoms with Crippen LogP contribution >= 0.6 is 0 Å². The Hall–Kier alpha value is 0.372. The third-order valence-electron chi connectivity index (χ3n) is 0. The molecule has 0 fully saturated rings. The summed E-state index contributed by atoms with van der Waals surface area (Å²) in [6.07, 6.45) is -0.500. The van der Waals surface area contributed by atoms with Gasteiger partial charge in [-0.05, 0) is 41.5 Å². The van der Waals surface area contributed by atoms with Gasteiger partial charge in [0.25, 0.3) is 0 Å². The molecule has 0 radical (unpaired) electrons. The van der Waals surface area contributed by atoms with Gasteiger partial charge in [0.05, 0.1) is 0 Å². The third kappa shape index (κ3) is 11500. The summed E-state index contributed by atoms with van der Waals surface area (Å²) in [5.41, 5.74) is 0. The van der Waals surface area contributed by atoms with Crippen molar-refractivity contribution in [2.24, 2.45) is 0 Å². The van der Waals surface area contributed by atoms with E-state index in [1.54, 1.807) is 41.5 Å². The summed E-state index contributed by atoms with van der Waals surface area (Å²) in [5.74, 6) is 0. The van der Waals surface area contributed by atoms with Crippen LogP contribution in [0.3, 0.4) is 0 Å². The van der Waals surface area contributed by atoms with Crippen molar-refractivity contribution in [2.75, 3.05) is 0 Å². The highest BCUT2D eigenvalue weighted by molar-refractivity contribution is 5.75. The Morgan fingerprint density at radius 1 is 0.571 bits per heavy atom. The maximum Gasteiger partial charge on any atom is 0.187 e. The minimum Gasteiger partial charge on any atom is -0.412 e. The Bertz CT molecular complexity index is 45.3. The largest absolute Gasteiger partial charge is 0.412 e. The SMILES string of the molecule is CC(C)O.CC(C)O.CC(C)O.O.[AlH3]. The van der Waals surface area contributed by atoms with Gasteiger partial charge >= 0.3 is 0 Å². The average molecular weight is 228 g/mol. The highest BCUT2D eigenvalue weighted by Gasteiger charge is 1.70. The standard InChI is InChI=1S/3C3H8O.Al.H2O.3H/c3*1-3(2)4;;;;;/h3*3-4H,1-2H3;;1H2;;;. The van der Waals surface area contributed by atoms with Gasteiger partial charge in [0.1, 0.15) is 0 Å². The van der Waals surface area contributed by atoms with Crippen LogP contribution in [0, 0.1) is 0 Å². The predicted octanol–water partition coefficient (Wildman–Crippen LogP) is -0.847. The number of aliphatic hydroxyl groups excluding tert-OH is 3. The second-order valence-electron chi connectivity index (χ2n) is 3.28. The Balaban J connectivity index is -0.0000000270. The van der Waals surface area contributed by atoms with Crippen molar-refractivity contribution in [2.45, 2.75) is 59.9 Å². The summed E-state index contributed by atoms with van der Waals surface area (Å²) in [6, 6.07) is 0. The fourth-order valence-electron chi connectivity index (χ4n) is 0. The Morgan fingerprint density at radius 2 is 0.571 bits per heavy atom. The van der Waals surface area contributed by atoms with Crippen molar-refractivity contribution in [3.8, 4) is 0 Å². The number of hydrogen-bond donors (Lipinski definition) is 3. The maximum atomic E-state index is 8.06. The lowest BCUT2D eigenvalue weighted by atomic mass is 10.5. The molecule has 0 rings (SSSR count). The molecule has 0 saturated carbocycles. The lowest BCUT2D eigenvalue weighted by Crippen LogP contribution is -1.85. The van der Waals surface area contributed by atoms with E-state index in [2.05, 4.69) is 0 Å². The summed E-state index contributed by atoms with van der Waals surface area (Å²) in [5, 5.41) is 24.2. The molecule has 0 saturated heterocycles. The lowest BCUT2D eigenvalue weighted by Gasteiger charge is -1.80. The maximum absolute atomic E-state index is 8.06. The normalized spacial score (nSPS) is 7.71. The Morgan fingerprint density at radius 3 is 0.571 bits per heavy atom. The van der Waals surface area contributed by atoms with E-state index in [0.29, 0.717) is 0 Å². The first-order valence-electron chi connectivity index (χ1n) is 4.24. The fraction of sp³-hybridized carbons (Fsp3) is 1.00. The van der Waals surface area contributed by atoms with Gasteiger partial charge in [0.2, 0.25) is 0 Å².